The summed E-state index contributed by atoms with van der Waals surface area (Å²) in [4.78, 5) is 40.8. The van der Waals surface area contributed by atoms with E-state index < -0.39 is 51.6 Å². The number of rotatable bonds is 37. The zero-order chi connectivity index (χ0) is 87.7. The Kier molecular flexibility index (Phi) is 26.1. The number of hydrogen-bond acceptors (Lipinski definition) is 8. The van der Waals surface area contributed by atoms with E-state index in [0.717, 1.165) is 241 Å². The van der Waals surface area contributed by atoms with E-state index in [2.05, 4.69) is 182 Å². The lowest BCUT2D eigenvalue weighted by Gasteiger charge is -2.36. The smallest absolute Gasteiger partial charge is 0.270 e. The Bertz CT molecular complexity index is 6540. The van der Waals surface area contributed by atoms with Gasteiger partial charge in [-0.05, 0) is 209 Å². The maximum absolute atomic E-state index is 15.4. The SMILES string of the molecule is [C-]#[N+]/C(C#N)=C1\C(=C\c2cc3c(s2)c2sc4c(c2n3CCCCCC)C(c2ccc(CCCCCC)cc2)(c2ccc(CCCCCC)cc2)c2cc3c(cc2-4)C(c2ccc(CCCCCC)cc2)(c2ccc(CCCCCC)cc2)c2c-3sc3c4sc(CC5C(=O)c6cc(F)c(F)cc6/C5=C(/C#N)[N+]#[C-])cc4n(CCCCCC)c23)C(=O)c2cc(F)c(F)cc21. The van der Waals surface area contributed by atoms with Crippen LogP contribution in [0.3, 0.4) is 0 Å². The summed E-state index contributed by atoms with van der Waals surface area (Å²) in [5.74, 6) is -6.71. The third kappa shape index (κ3) is 15.3. The van der Waals surface area contributed by atoms with Crippen LogP contribution in [0.4, 0.5) is 17.6 Å². The van der Waals surface area contributed by atoms with Crippen LogP contribution >= 0.6 is 45.3 Å². The lowest BCUT2D eigenvalue weighted by Crippen LogP contribution is -2.30. The van der Waals surface area contributed by atoms with Crippen LogP contribution in [0.15, 0.2) is 163 Å². The summed E-state index contributed by atoms with van der Waals surface area (Å²) in [6.45, 7) is 31.3. The van der Waals surface area contributed by atoms with Gasteiger partial charge in [0.15, 0.2) is 34.8 Å². The van der Waals surface area contributed by atoms with Crippen molar-refractivity contribution in [3.63, 3.8) is 0 Å². The standard InChI is InChI=1S/C110H106F4N6O2S4/c1-9-15-21-27-33-67-37-45-71(46-38-67)109(72-47-39-68(40-48-72)34-28-22-16-10-2)85-59-82-86(60-81(85)103-97(109)99-107(125-103)105-93(119(99)53-31-25-19-13-5)57-75(123-105)55-83-95(91(65-115)117-7)77-61-87(111)89(113)63-79(77)101(83)121)110(73-49-41-69(42-50-73)35-29-23-17-11-3,74-51-43-70(44-52-74)36-30-24-18-12-4)98-100-108(126-104(82)98)106-94(120(100)54-32-26-20-14-6)58-76(124-106)56-84-96(92(66-116)118-8)78-62-88(112)90(114)64-80(78)102(84)122/h37-52,55,57-64,84H,9-36,53-54,56H2,1-6H3/b83-55-,95-91-,96-92+. The van der Waals surface area contributed by atoms with Crippen molar-refractivity contribution in [3.05, 3.63) is 307 Å². The fraction of sp³-hybridized carbons (Fsp3) is 0.364. The van der Waals surface area contributed by atoms with Crippen molar-refractivity contribution in [2.75, 3.05) is 0 Å². The molecule has 0 bridgehead atoms. The summed E-state index contributed by atoms with van der Waals surface area (Å²) in [5.41, 5.74) is 19.0. The predicted octanol–water partition coefficient (Wildman–Crippen LogP) is 31.7. The Morgan fingerprint density at radius 1 is 0.421 bits per heavy atom. The molecule has 0 N–H and O–H groups in total. The normalized spacial score (nSPS) is 15.7. The molecule has 4 aliphatic carbocycles. The highest BCUT2D eigenvalue weighted by Crippen LogP contribution is 2.69. The summed E-state index contributed by atoms with van der Waals surface area (Å²) in [6.07, 6.45) is 31.9. The lowest BCUT2D eigenvalue weighted by molar-refractivity contribution is 0.0957. The minimum absolute atomic E-state index is 0.000455. The Hall–Kier alpha value is -10.8. The van der Waals surface area contributed by atoms with Crippen molar-refractivity contribution in [3.8, 4) is 33.0 Å². The molecule has 0 amide bonds. The average molecular weight is 1750 g/mol. The summed E-state index contributed by atoms with van der Waals surface area (Å²) in [7, 11) is 0. The number of nitriles is 2. The number of carbonyl (C=O) groups excluding carboxylic acids is 2. The van der Waals surface area contributed by atoms with Gasteiger partial charge in [0.1, 0.15) is 0 Å². The molecule has 8 nitrogen and oxygen atoms in total. The number of thiophene rings is 4. The van der Waals surface area contributed by atoms with Crippen molar-refractivity contribution in [2.24, 2.45) is 5.92 Å². The van der Waals surface area contributed by atoms with Crippen molar-refractivity contribution in [2.45, 2.75) is 252 Å². The van der Waals surface area contributed by atoms with E-state index in [9.17, 15) is 20.1 Å². The first kappa shape index (κ1) is 87.3. The van der Waals surface area contributed by atoms with E-state index in [1.165, 1.54) is 96.6 Å². The minimum atomic E-state index is -1.19. The first-order valence-corrected chi connectivity index (χ1v) is 49.4. The van der Waals surface area contributed by atoms with Gasteiger partial charge in [-0.25, -0.2) is 37.8 Å². The number of unbranched alkanes of at least 4 members (excludes halogenated alkanes) is 18. The minimum Gasteiger partial charge on any atom is -0.339 e. The van der Waals surface area contributed by atoms with Crippen LogP contribution in [-0.4, -0.2) is 20.7 Å². The van der Waals surface area contributed by atoms with Crippen molar-refractivity contribution in [1.82, 2.24) is 9.13 Å². The predicted molar refractivity (Wildman–Crippen MR) is 513 cm³/mol. The van der Waals surface area contributed by atoms with Crippen LogP contribution in [0.25, 0.3) is 88.7 Å². The second kappa shape index (κ2) is 37.6. The monoisotopic (exact) mass is 1750 g/mol. The topological polar surface area (TPSA) is 100 Å². The van der Waals surface area contributed by atoms with E-state index in [1.807, 2.05) is 34.8 Å². The molecule has 0 saturated heterocycles. The van der Waals surface area contributed by atoms with Gasteiger partial charge in [0.05, 0.1) is 77.0 Å². The average Bonchev–Trinajstić information content (AvgIpc) is 1.48. The molecule has 4 aliphatic rings. The lowest BCUT2D eigenvalue weighted by atomic mass is 9.65. The molecule has 6 heterocycles. The maximum atomic E-state index is 15.4. The van der Waals surface area contributed by atoms with Gasteiger partial charge in [-0.15, -0.1) is 45.3 Å². The van der Waals surface area contributed by atoms with Gasteiger partial charge in [0, 0.05) is 71.9 Å². The maximum Gasteiger partial charge on any atom is 0.270 e. The Morgan fingerprint density at radius 3 is 1.19 bits per heavy atom. The number of benzene rings is 7. The molecule has 0 fully saturated rings. The van der Waals surface area contributed by atoms with Gasteiger partial charge in [-0.3, -0.25) is 9.59 Å². The first-order chi connectivity index (χ1) is 61.6. The number of aryl methyl sites for hydroxylation is 6. The molecule has 0 aliphatic heterocycles. The summed E-state index contributed by atoms with van der Waals surface area (Å²) >= 11 is 6.89. The Morgan fingerprint density at radius 2 is 0.794 bits per heavy atom. The Balaban J connectivity index is 0.976. The first-order valence-electron chi connectivity index (χ1n) is 46.1. The molecule has 17 rings (SSSR count). The van der Waals surface area contributed by atoms with Gasteiger partial charge in [-0.2, -0.15) is 0 Å². The molecule has 16 heteroatoms. The largest absolute Gasteiger partial charge is 0.339 e. The Labute approximate surface area is 754 Å². The zero-order valence-corrected chi connectivity index (χ0v) is 76.3. The van der Waals surface area contributed by atoms with E-state index in [4.69, 9.17) is 13.1 Å². The summed E-state index contributed by atoms with van der Waals surface area (Å²) < 4.78 is 70.8. The van der Waals surface area contributed by atoms with Gasteiger partial charge >= 0.3 is 0 Å². The van der Waals surface area contributed by atoms with Crippen LogP contribution in [-0.2, 0) is 56.0 Å². The second-order valence-electron chi connectivity index (χ2n) is 35.2. The molecule has 640 valence electrons. The summed E-state index contributed by atoms with van der Waals surface area (Å²) in [6, 6.07) is 56.0. The van der Waals surface area contributed by atoms with Crippen LogP contribution < -0.4 is 0 Å². The van der Waals surface area contributed by atoms with Crippen molar-refractivity contribution < 1.29 is 27.2 Å². The van der Waals surface area contributed by atoms with Gasteiger partial charge in [0.25, 0.3) is 11.4 Å². The number of fused-ring (bicyclic) bond motifs is 16. The number of allylic oxidation sites excluding steroid dienone is 5. The highest BCUT2D eigenvalue weighted by Gasteiger charge is 2.56. The number of ketones is 2. The summed E-state index contributed by atoms with van der Waals surface area (Å²) in [5, 5.41) is 21.1. The van der Waals surface area contributed by atoms with Gasteiger partial charge < -0.3 is 9.13 Å². The van der Waals surface area contributed by atoms with Crippen LogP contribution in [0, 0.1) is 65.0 Å². The van der Waals surface area contributed by atoms with E-state index in [0.29, 0.717) is 18.0 Å². The number of halogens is 4. The van der Waals surface area contributed by atoms with E-state index in [-0.39, 0.29) is 56.8 Å². The molecule has 7 aromatic carbocycles. The second-order valence-corrected chi connectivity index (χ2v) is 39.5. The number of Topliss-reactive ketones (excluding diaryl/α,β-unsaturated/α-hetero) is 2. The third-order valence-electron chi connectivity index (χ3n) is 27.3. The zero-order valence-electron chi connectivity index (χ0n) is 73.1. The van der Waals surface area contributed by atoms with E-state index >= 15 is 17.6 Å². The highest BCUT2D eigenvalue weighted by molar-refractivity contribution is 7.30. The number of aromatic nitrogens is 2. The fourth-order valence-corrected chi connectivity index (χ4v) is 26.4. The molecule has 0 saturated carbocycles. The van der Waals surface area contributed by atoms with E-state index in [1.54, 1.807) is 28.7 Å². The number of hydrogen-bond donors (Lipinski definition) is 0. The molecule has 0 radical (unpaired) electrons. The quantitative estimate of drug-likeness (QED) is 0.0127. The number of carbonyl (C=O) groups is 2. The number of nitrogens with zero attached hydrogens (tertiary/aromatic N) is 6. The van der Waals surface area contributed by atoms with Crippen molar-refractivity contribution in [1.29, 1.82) is 10.5 Å². The molecule has 1 atom stereocenters. The molecular formula is C110H106F4N6O2S4. The van der Waals surface area contributed by atoms with Gasteiger partial charge in [0.2, 0.25) is 0 Å². The molecule has 6 aromatic heterocycles. The van der Waals surface area contributed by atoms with Crippen LogP contribution in [0.1, 0.15) is 304 Å². The van der Waals surface area contributed by atoms with Gasteiger partial charge in [-0.1, -0.05) is 254 Å². The van der Waals surface area contributed by atoms with Crippen molar-refractivity contribution >= 4 is 115 Å². The molecule has 0 spiro atoms. The molecule has 1 unspecified atom stereocenters. The molecule has 13 aromatic rings. The molecular weight excluding hydrogens is 1640 g/mol. The van der Waals surface area contributed by atoms with Crippen LogP contribution in [0.5, 0.6) is 0 Å². The highest BCUT2D eigenvalue weighted by atomic mass is 32.1. The molecule has 126 heavy (non-hydrogen) atoms. The van der Waals surface area contributed by atoms with Crippen LogP contribution in [0.2, 0.25) is 0 Å². The third-order valence-corrected chi connectivity index (χ3v) is 32.3. The fourth-order valence-electron chi connectivity index (χ4n) is 21.0.